The van der Waals surface area contributed by atoms with Gasteiger partial charge < -0.3 is 5.73 Å². The van der Waals surface area contributed by atoms with Crippen molar-refractivity contribution >= 4 is 17.0 Å². The van der Waals surface area contributed by atoms with Gasteiger partial charge in [0.15, 0.2) is 0 Å². The van der Waals surface area contributed by atoms with Gasteiger partial charge in [0.25, 0.3) is 0 Å². The molecule has 1 aromatic carbocycles. The predicted octanol–water partition coefficient (Wildman–Crippen LogP) is 2.62. The molecule has 2 nitrogen and oxygen atoms in total. The minimum atomic E-state index is 0.829. The molecule has 0 radical (unpaired) electrons. The Morgan fingerprint density at radius 2 is 2.29 bits per heavy atom. The maximum Gasteiger partial charge on any atom is 0.0794 e. The zero-order valence-corrected chi connectivity index (χ0v) is 8.84. The number of benzene rings is 1. The first-order valence-corrected chi connectivity index (χ1v) is 5.36. The summed E-state index contributed by atoms with van der Waals surface area (Å²) in [7, 11) is 0. The molecule has 0 unspecified atom stereocenters. The van der Waals surface area contributed by atoms with Gasteiger partial charge in [0.1, 0.15) is 0 Å². The van der Waals surface area contributed by atoms with Crippen LogP contribution in [0.25, 0.3) is 0 Å². The van der Waals surface area contributed by atoms with E-state index in [-0.39, 0.29) is 0 Å². The summed E-state index contributed by atoms with van der Waals surface area (Å²) >= 11 is 1.68. The highest BCUT2D eigenvalue weighted by Crippen LogP contribution is 2.18. The van der Waals surface area contributed by atoms with Crippen LogP contribution in [0.2, 0.25) is 0 Å². The van der Waals surface area contributed by atoms with Gasteiger partial charge in [-0.05, 0) is 30.2 Å². The van der Waals surface area contributed by atoms with E-state index in [9.17, 15) is 0 Å². The van der Waals surface area contributed by atoms with Gasteiger partial charge in [-0.3, -0.25) is 4.98 Å². The number of nitrogens with two attached hydrogens (primary N) is 1. The van der Waals surface area contributed by atoms with Crippen LogP contribution < -0.4 is 5.73 Å². The third kappa shape index (κ3) is 1.93. The second-order valence-electron chi connectivity index (χ2n) is 3.33. The fourth-order valence-corrected chi connectivity index (χ4v) is 2.02. The summed E-state index contributed by atoms with van der Waals surface area (Å²) < 4.78 is 0. The zero-order chi connectivity index (χ0) is 9.97. The molecule has 0 saturated heterocycles. The summed E-state index contributed by atoms with van der Waals surface area (Å²) in [5.41, 5.74) is 11.0. The van der Waals surface area contributed by atoms with Gasteiger partial charge in [-0.15, -0.1) is 11.3 Å². The summed E-state index contributed by atoms with van der Waals surface area (Å²) in [6, 6.07) is 6.03. The zero-order valence-electron chi connectivity index (χ0n) is 8.03. The lowest BCUT2D eigenvalue weighted by Crippen LogP contribution is -1.92. The van der Waals surface area contributed by atoms with Crippen molar-refractivity contribution < 1.29 is 0 Å². The molecule has 2 aromatic rings. The molecule has 2 rings (SSSR count). The highest BCUT2D eigenvalue weighted by atomic mass is 32.1. The molecule has 0 aliphatic rings. The maximum absolute atomic E-state index is 5.74. The van der Waals surface area contributed by atoms with Gasteiger partial charge >= 0.3 is 0 Å². The molecular weight excluding hydrogens is 192 g/mol. The number of thiazole rings is 1. The van der Waals surface area contributed by atoms with Crippen molar-refractivity contribution in [3.8, 4) is 0 Å². The third-order valence-corrected chi connectivity index (χ3v) is 3.00. The largest absolute Gasteiger partial charge is 0.399 e. The van der Waals surface area contributed by atoms with Crippen LogP contribution in [-0.2, 0) is 6.42 Å². The molecule has 0 aliphatic carbocycles. The van der Waals surface area contributed by atoms with Crippen molar-refractivity contribution in [1.82, 2.24) is 4.98 Å². The van der Waals surface area contributed by atoms with Crippen molar-refractivity contribution in [2.24, 2.45) is 0 Å². The van der Waals surface area contributed by atoms with Gasteiger partial charge in [-0.25, -0.2) is 0 Å². The topological polar surface area (TPSA) is 38.9 Å². The number of anilines is 1. The van der Waals surface area contributed by atoms with Crippen LogP contribution in [0.3, 0.4) is 0 Å². The number of nitrogen functional groups attached to an aromatic ring is 1. The number of rotatable bonds is 2. The number of hydrogen-bond donors (Lipinski definition) is 1. The highest BCUT2D eigenvalue weighted by molar-refractivity contribution is 7.09. The van der Waals surface area contributed by atoms with Crippen LogP contribution in [-0.4, -0.2) is 4.98 Å². The van der Waals surface area contributed by atoms with E-state index in [0.29, 0.717) is 0 Å². The summed E-state index contributed by atoms with van der Waals surface area (Å²) in [4.78, 5) is 5.33. The van der Waals surface area contributed by atoms with E-state index in [1.807, 2.05) is 23.8 Å². The second kappa shape index (κ2) is 3.80. The number of aryl methyl sites for hydroxylation is 1. The molecule has 0 spiro atoms. The molecule has 1 heterocycles. The number of aromatic nitrogens is 1. The Labute approximate surface area is 87.4 Å². The van der Waals surface area contributed by atoms with Gasteiger partial charge in [-0.1, -0.05) is 6.07 Å². The van der Waals surface area contributed by atoms with Crippen molar-refractivity contribution in [3.05, 3.63) is 45.9 Å². The monoisotopic (exact) mass is 204 g/mol. The molecule has 14 heavy (non-hydrogen) atoms. The summed E-state index contributed by atoms with van der Waals surface area (Å²) in [5.74, 6) is 0. The van der Waals surface area contributed by atoms with Crippen LogP contribution in [0.4, 0.5) is 5.69 Å². The lowest BCUT2D eigenvalue weighted by atomic mass is 10.0. The first kappa shape index (κ1) is 9.21. The van der Waals surface area contributed by atoms with E-state index in [1.165, 1.54) is 16.0 Å². The van der Waals surface area contributed by atoms with Crippen LogP contribution in [0, 0.1) is 6.92 Å². The standard InChI is InChI=1S/C11H12N2S/c1-8-2-3-10(12)4-9(8)5-11-6-13-7-14-11/h2-4,6-7H,5,12H2,1H3. The van der Waals surface area contributed by atoms with Crippen molar-refractivity contribution in [1.29, 1.82) is 0 Å². The predicted molar refractivity (Wildman–Crippen MR) is 60.5 cm³/mol. The number of hydrogen-bond acceptors (Lipinski definition) is 3. The van der Waals surface area contributed by atoms with Crippen molar-refractivity contribution in [2.45, 2.75) is 13.3 Å². The Balaban J connectivity index is 2.28. The minimum absolute atomic E-state index is 0.829. The molecular formula is C11H12N2S. The quantitative estimate of drug-likeness (QED) is 0.764. The average Bonchev–Trinajstić information content (AvgIpc) is 2.64. The van der Waals surface area contributed by atoms with E-state index in [0.717, 1.165) is 12.1 Å². The van der Waals surface area contributed by atoms with E-state index in [1.54, 1.807) is 11.3 Å². The fraction of sp³-hybridized carbons (Fsp3) is 0.182. The first-order valence-electron chi connectivity index (χ1n) is 4.48. The number of nitrogens with zero attached hydrogens (tertiary/aromatic N) is 1. The minimum Gasteiger partial charge on any atom is -0.399 e. The van der Waals surface area contributed by atoms with E-state index >= 15 is 0 Å². The third-order valence-electron chi connectivity index (χ3n) is 2.22. The highest BCUT2D eigenvalue weighted by Gasteiger charge is 2.01. The Kier molecular flexibility index (Phi) is 2.50. The summed E-state index contributed by atoms with van der Waals surface area (Å²) in [6.07, 6.45) is 2.84. The lowest BCUT2D eigenvalue weighted by Gasteiger charge is -2.04. The molecule has 0 aliphatic heterocycles. The average molecular weight is 204 g/mol. The Morgan fingerprint density at radius 1 is 1.43 bits per heavy atom. The summed E-state index contributed by atoms with van der Waals surface area (Å²) in [6.45, 7) is 2.11. The van der Waals surface area contributed by atoms with E-state index < -0.39 is 0 Å². The molecule has 0 atom stereocenters. The van der Waals surface area contributed by atoms with Crippen molar-refractivity contribution in [2.75, 3.05) is 5.73 Å². The molecule has 0 fully saturated rings. The normalized spacial score (nSPS) is 10.4. The summed E-state index contributed by atoms with van der Waals surface area (Å²) in [5, 5.41) is 0. The molecule has 2 N–H and O–H groups in total. The smallest absolute Gasteiger partial charge is 0.0794 e. The SMILES string of the molecule is Cc1ccc(N)cc1Cc1cncs1. The Hall–Kier alpha value is -1.35. The van der Waals surface area contributed by atoms with Gasteiger partial charge in [0, 0.05) is 23.2 Å². The van der Waals surface area contributed by atoms with Gasteiger partial charge in [-0.2, -0.15) is 0 Å². The molecule has 0 bridgehead atoms. The van der Waals surface area contributed by atoms with Crippen LogP contribution in [0.15, 0.2) is 29.9 Å². The maximum atomic E-state index is 5.74. The van der Waals surface area contributed by atoms with E-state index in [4.69, 9.17) is 5.73 Å². The molecule has 72 valence electrons. The lowest BCUT2D eigenvalue weighted by molar-refractivity contribution is 1.18. The van der Waals surface area contributed by atoms with Crippen LogP contribution >= 0.6 is 11.3 Å². The van der Waals surface area contributed by atoms with Gasteiger partial charge in [0.2, 0.25) is 0 Å². The molecule has 1 aromatic heterocycles. The second-order valence-corrected chi connectivity index (χ2v) is 4.30. The fourth-order valence-electron chi connectivity index (χ4n) is 1.40. The molecule has 0 amide bonds. The molecule has 0 saturated carbocycles. The Morgan fingerprint density at radius 3 is 3.00 bits per heavy atom. The van der Waals surface area contributed by atoms with Crippen molar-refractivity contribution in [3.63, 3.8) is 0 Å². The molecule has 3 heteroatoms. The van der Waals surface area contributed by atoms with E-state index in [2.05, 4.69) is 18.0 Å². The Bertz CT molecular complexity index is 421. The first-order chi connectivity index (χ1) is 6.75. The van der Waals surface area contributed by atoms with Crippen LogP contribution in [0.5, 0.6) is 0 Å². The van der Waals surface area contributed by atoms with Gasteiger partial charge in [0.05, 0.1) is 5.51 Å². The van der Waals surface area contributed by atoms with Crippen LogP contribution in [0.1, 0.15) is 16.0 Å².